The molecule has 4 heteroatoms. The van der Waals surface area contributed by atoms with Crippen LogP contribution in [0.4, 0.5) is 0 Å². The third-order valence-corrected chi connectivity index (χ3v) is 2.38. The minimum atomic E-state index is -0.165. The molecule has 0 bridgehead atoms. The van der Waals surface area contributed by atoms with Crippen molar-refractivity contribution in [3.8, 4) is 0 Å². The Bertz CT molecular complexity index is 410. The van der Waals surface area contributed by atoms with E-state index in [9.17, 15) is 9.59 Å². The van der Waals surface area contributed by atoms with E-state index in [0.717, 1.165) is 11.1 Å². The van der Waals surface area contributed by atoms with Gasteiger partial charge >= 0.3 is 0 Å². The summed E-state index contributed by atoms with van der Waals surface area (Å²) in [5.74, 6) is -0.306. The van der Waals surface area contributed by atoms with Crippen LogP contribution in [0.25, 0.3) is 0 Å². The molecule has 0 atom stereocenters. The highest BCUT2D eigenvalue weighted by Gasteiger charge is 2.07. The topological polar surface area (TPSA) is 58.2 Å². The third-order valence-electron chi connectivity index (χ3n) is 2.38. The maximum absolute atomic E-state index is 11.6. The summed E-state index contributed by atoms with van der Waals surface area (Å²) in [6.45, 7) is 5.79. The van der Waals surface area contributed by atoms with Gasteiger partial charge in [0.25, 0.3) is 0 Å². The molecule has 0 saturated carbocycles. The number of benzene rings is 1. The molecule has 0 heterocycles. The molecular weight excluding hydrogens is 228 g/mol. The van der Waals surface area contributed by atoms with Crippen LogP contribution in [0.2, 0.25) is 0 Å². The number of rotatable bonds is 5. The molecule has 0 fully saturated rings. The van der Waals surface area contributed by atoms with Crippen molar-refractivity contribution < 1.29 is 9.59 Å². The molecule has 1 aromatic carbocycles. The van der Waals surface area contributed by atoms with Gasteiger partial charge in [0.1, 0.15) is 0 Å². The molecule has 1 aromatic rings. The van der Waals surface area contributed by atoms with E-state index in [1.54, 1.807) is 0 Å². The SMILES string of the molecule is Cc1ccc(CC(=O)NCC(=O)NC(C)C)cc1. The van der Waals surface area contributed by atoms with Gasteiger partial charge in [-0.25, -0.2) is 0 Å². The summed E-state index contributed by atoms with van der Waals surface area (Å²) in [6, 6.07) is 7.86. The van der Waals surface area contributed by atoms with Crippen LogP contribution in [-0.4, -0.2) is 24.4 Å². The summed E-state index contributed by atoms with van der Waals surface area (Å²) in [4.78, 5) is 22.9. The van der Waals surface area contributed by atoms with Gasteiger partial charge in [-0.3, -0.25) is 9.59 Å². The van der Waals surface area contributed by atoms with Crippen LogP contribution in [0.5, 0.6) is 0 Å². The van der Waals surface area contributed by atoms with Gasteiger partial charge in [0.05, 0.1) is 13.0 Å². The third kappa shape index (κ3) is 5.48. The van der Waals surface area contributed by atoms with Crippen LogP contribution >= 0.6 is 0 Å². The van der Waals surface area contributed by atoms with Crippen LogP contribution in [0.1, 0.15) is 25.0 Å². The molecule has 0 spiro atoms. The monoisotopic (exact) mass is 248 g/mol. The first-order chi connectivity index (χ1) is 8.47. The van der Waals surface area contributed by atoms with Crippen LogP contribution in [0.15, 0.2) is 24.3 Å². The van der Waals surface area contributed by atoms with E-state index in [2.05, 4.69) is 10.6 Å². The normalized spacial score (nSPS) is 10.2. The number of carbonyl (C=O) groups is 2. The van der Waals surface area contributed by atoms with Gasteiger partial charge in [0, 0.05) is 6.04 Å². The van der Waals surface area contributed by atoms with Gasteiger partial charge in [0.15, 0.2) is 0 Å². The smallest absolute Gasteiger partial charge is 0.239 e. The van der Waals surface area contributed by atoms with Gasteiger partial charge in [0.2, 0.25) is 11.8 Å². The lowest BCUT2D eigenvalue weighted by molar-refractivity contribution is -0.126. The predicted molar refractivity (Wildman–Crippen MR) is 71.2 cm³/mol. The van der Waals surface area contributed by atoms with E-state index in [-0.39, 0.29) is 24.4 Å². The molecule has 98 valence electrons. The standard InChI is InChI=1S/C14H20N2O2/c1-10(2)16-14(18)9-15-13(17)8-12-6-4-11(3)5-7-12/h4-7,10H,8-9H2,1-3H3,(H,15,17)(H,16,18). The zero-order chi connectivity index (χ0) is 13.5. The van der Waals surface area contributed by atoms with Gasteiger partial charge in [-0.1, -0.05) is 29.8 Å². The lowest BCUT2D eigenvalue weighted by Gasteiger charge is -2.09. The molecule has 0 saturated heterocycles. The lowest BCUT2D eigenvalue weighted by atomic mass is 10.1. The molecule has 1 rings (SSSR count). The van der Waals surface area contributed by atoms with Crippen molar-refractivity contribution in [2.24, 2.45) is 0 Å². The fourth-order valence-electron chi connectivity index (χ4n) is 1.51. The average molecular weight is 248 g/mol. The van der Waals surface area contributed by atoms with Crippen LogP contribution in [0.3, 0.4) is 0 Å². The minimum absolute atomic E-state index is 0.0306. The Morgan fingerprint density at radius 2 is 1.72 bits per heavy atom. The van der Waals surface area contributed by atoms with E-state index < -0.39 is 0 Å². The molecule has 4 nitrogen and oxygen atoms in total. The van der Waals surface area contributed by atoms with E-state index in [4.69, 9.17) is 0 Å². The minimum Gasteiger partial charge on any atom is -0.352 e. The van der Waals surface area contributed by atoms with E-state index in [0.29, 0.717) is 6.42 Å². The highest BCUT2D eigenvalue weighted by atomic mass is 16.2. The maximum atomic E-state index is 11.6. The van der Waals surface area contributed by atoms with Gasteiger partial charge in [-0.05, 0) is 26.3 Å². The highest BCUT2D eigenvalue weighted by Crippen LogP contribution is 2.03. The van der Waals surface area contributed by atoms with E-state index >= 15 is 0 Å². The second-order valence-electron chi connectivity index (χ2n) is 4.66. The van der Waals surface area contributed by atoms with Crippen molar-refractivity contribution in [1.82, 2.24) is 10.6 Å². The Morgan fingerprint density at radius 1 is 1.11 bits per heavy atom. The van der Waals surface area contributed by atoms with Gasteiger partial charge < -0.3 is 10.6 Å². The average Bonchev–Trinajstić information content (AvgIpc) is 2.29. The molecule has 0 unspecified atom stereocenters. The molecule has 0 radical (unpaired) electrons. The zero-order valence-electron chi connectivity index (χ0n) is 11.1. The second-order valence-corrected chi connectivity index (χ2v) is 4.66. The van der Waals surface area contributed by atoms with Crippen LogP contribution in [-0.2, 0) is 16.0 Å². The largest absolute Gasteiger partial charge is 0.352 e. The Morgan fingerprint density at radius 3 is 2.28 bits per heavy atom. The Kier molecular flexibility index (Phi) is 5.36. The molecule has 0 aliphatic rings. The fraction of sp³-hybridized carbons (Fsp3) is 0.429. The van der Waals surface area contributed by atoms with Gasteiger partial charge in [-0.15, -0.1) is 0 Å². The fourth-order valence-corrected chi connectivity index (χ4v) is 1.51. The number of hydrogen-bond acceptors (Lipinski definition) is 2. The molecule has 2 N–H and O–H groups in total. The summed E-state index contributed by atoms with van der Waals surface area (Å²) in [6.07, 6.45) is 0.301. The first-order valence-electron chi connectivity index (χ1n) is 6.09. The summed E-state index contributed by atoms with van der Waals surface area (Å²) in [5.41, 5.74) is 2.11. The van der Waals surface area contributed by atoms with Gasteiger partial charge in [-0.2, -0.15) is 0 Å². The van der Waals surface area contributed by atoms with Crippen molar-refractivity contribution in [2.45, 2.75) is 33.2 Å². The summed E-state index contributed by atoms with van der Waals surface area (Å²) in [7, 11) is 0. The number of nitrogens with one attached hydrogen (secondary N) is 2. The Balaban J connectivity index is 2.34. The van der Waals surface area contributed by atoms with Crippen molar-refractivity contribution >= 4 is 11.8 Å². The number of amides is 2. The Hall–Kier alpha value is -1.84. The van der Waals surface area contributed by atoms with Crippen molar-refractivity contribution in [3.05, 3.63) is 35.4 Å². The van der Waals surface area contributed by atoms with Crippen molar-refractivity contribution in [1.29, 1.82) is 0 Å². The molecular formula is C14H20N2O2. The first-order valence-corrected chi connectivity index (χ1v) is 6.09. The summed E-state index contributed by atoms with van der Waals surface area (Å²) in [5, 5.41) is 5.32. The van der Waals surface area contributed by atoms with E-state index in [1.165, 1.54) is 0 Å². The lowest BCUT2D eigenvalue weighted by Crippen LogP contribution is -2.40. The number of carbonyl (C=O) groups excluding carboxylic acids is 2. The maximum Gasteiger partial charge on any atom is 0.239 e. The van der Waals surface area contributed by atoms with Crippen molar-refractivity contribution in [3.63, 3.8) is 0 Å². The van der Waals surface area contributed by atoms with Crippen LogP contribution < -0.4 is 10.6 Å². The zero-order valence-corrected chi connectivity index (χ0v) is 11.1. The Labute approximate surface area is 108 Å². The number of aryl methyl sites for hydroxylation is 1. The van der Waals surface area contributed by atoms with E-state index in [1.807, 2.05) is 45.0 Å². The molecule has 18 heavy (non-hydrogen) atoms. The quantitative estimate of drug-likeness (QED) is 0.822. The molecule has 0 aliphatic carbocycles. The molecule has 0 aliphatic heterocycles. The molecule has 0 aromatic heterocycles. The highest BCUT2D eigenvalue weighted by molar-refractivity contribution is 5.85. The summed E-state index contributed by atoms with van der Waals surface area (Å²) >= 11 is 0. The summed E-state index contributed by atoms with van der Waals surface area (Å²) < 4.78 is 0. The van der Waals surface area contributed by atoms with Crippen molar-refractivity contribution in [2.75, 3.05) is 6.54 Å². The van der Waals surface area contributed by atoms with Crippen LogP contribution in [0, 0.1) is 6.92 Å². The predicted octanol–water partition coefficient (Wildman–Crippen LogP) is 1.18. The number of hydrogen-bond donors (Lipinski definition) is 2. The molecule has 2 amide bonds. The second kappa shape index (κ2) is 6.79. The first kappa shape index (κ1) is 14.2.